The topological polar surface area (TPSA) is 29.4 Å². The van der Waals surface area contributed by atoms with Crippen LogP contribution in [-0.2, 0) is 11.2 Å². The monoisotopic (exact) mass is 159 g/mol. The zero-order valence-corrected chi connectivity index (χ0v) is 6.87. The van der Waals surface area contributed by atoms with Crippen LogP contribution in [0.25, 0.3) is 0 Å². The first kappa shape index (κ1) is 7.22. The van der Waals surface area contributed by atoms with E-state index < -0.39 is 0 Å². The van der Waals surface area contributed by atoms with E-state index in [0.29, 0.717) is 6.42 Å². The van der Waals surface area contributed by atoms with Gasteiger partial charge in [0.05, 0.1) is 6.42 Å². The van der Waals surface area contributed by atoms with Gasteiger partial charge in [0.25, 0.3) is 0 Å². The van der Waals surface area contributed by atoms with Gasteiger partial charge in [-0.2, -0.15) is 0 Å². The standard InChI is InChI=1S/C10H9NO/c1-7-9-5-3-2-4-8(9)6-10(12)11-7/h2-5H,6H2,1H3. The predicted molar refractivity (Wildman–Crippen MR) is 47.4 cm³/mol. The quantitative estimate of drug-likeness (QED) is 0.565. The Kier molecular flexibility index (Phi) is 1.54. The molecule has 1 aliphatic rings. The highest BCUT2D eigenvalue weighted by atomic mass is 16.1. The van der Waals surface area contributed by atoms with Gasteiger partial charge in [0.15, 0.2) is 0 Å². The number of amides is 1. The molecule has 1 heterocycles. The van der Waals surface area contributed by atoms with Crippen LogP contribution in [0.4, 0.5) is 0 Å². The summed E-state index contributed by atoms with van der Waals surface area (Å²) in [4.78, 5) is 15.0. The molecule has 12 heavy (non-hydrogen) atoms. The summed E-state index contributed by atoms with van der Waals surface area (Å²) in [6.45, 7) is 1.87. The highest BCUT2D eigenvalue weighted by molar-refractivity contribution is 6.09. The summed E-state index contributed by atoms with van der Waals surface area (Å²) in [5.41, 5.74) is 3.04. The van der Waals surface area contributed by atoms with Crippen LogP contribution in [0.3, 0.4) is 0 Å². The van der Waals surface area contributed by atoms with Gasteiger partial charge >= 0.3 is 0 Å². The third kappa shape index (κ3) is 1.05. The Labute approximate surface area is 70.9 Å². The lowest BCUT2D eigenvalue weighted by Gasteiger charge is -2.11. The summed E-state index contributed by atoms with van der Waals surface area (Å²) in [7, 11) is 0. The molecule has 1 aliphatic heterocycles. The van der Waals surface area contributed by atoms with E-state index in [1.165, 1.54) is 0 Å². The molecule has 0 aromatic heterocycles. The minimum atomic E-state index is -0.0359. The van der Waals surface area contributed by atoms with Gasteiger partial charge in [-0.1, -0.05) is 24.3 Å². The number of fused-ring (bicyclic) bond motifs is 1. The number of carbonyl (C=O) groups excluding carboxylic acids is 1. The third-order valence-corrected chi connectivity index (χ3v) is 2.04. The minimum Gasteiger partial charge on any atom is -0.272 e. The summed E-state index contributed by atoms with van der Waals surface area (Å²) in [5, 5.41) is 0. The lowest BCUT2D eigenvalue weighted by molar-refractivity contribution is -0.117. The Bertz CT molecular complexity index is 366. The highest BCUT2D eigenvalue weighted by Gasteiger charge is 2.14. The number of benzene rings is 1. The van der Waals surface area contributed by atoms with Gasteiger partial charge in [-0.3, -0.25) is 4.79 Å². The van der Waals surface area contributed by atoms with Crippen molar-refractivity contribution in [1.82, 2.24) is 0 Å². The Morgan fingerprint density at radius 1 is 1.33 bits per heavy atom. The maximum Gasteiger partial charge on any atom is 0.250 e. The SMILES string of the molecule is CC1=NC(=O)Cc2ccccc21. The van der Waals surface area contributed by atoms with Crippen molar-refractivity contribution in [3.8, 4) is 0 Å². The largest absolute Gasteiger partial charge is 0.272 e. The molecule has 2 rings (SSSR count). The fourth-order valence-electron chi connectivity index (χ4n) is 1.48. The van der Waals surface area contributed by atoms with E-state index in [2.05, 4.69) is 4.99 Å². The maximum atomic E-state index is 11.0. The van der Waals surface area contributed by atoms with E-state index in [4.69, 9.17) is 0 Å². The number of carbonyl (C=O) groups is 1. The highest BCUT2D eigenvalue weighted by Crippen LogP contribution is 2.15. The number of rotatable bonds is 0. The molecule has 0 aliphatic carbocycles. The van der Waals surface area contributed by atoms with Gasteiger partial charge < -0.3 is 0 Å². The number of nitrogens with zero attached hydrogens (tertiary/aromatic N) is 1. The van der Waals surface area contributed by atoms with E-state index in [9.17, 15) is 4.79 Å². The molecule has 1 amide bonds. The number of hydrogen-bond acceptors (Lipinski definition) is 1. The minimum absolute atomic E-state index is 0.0359. The normalized spacial score (nSPS) is 15.4. The second-order valence-corrected chi connectivity index (χ2v) is 2.92. The van der Waals surface area contributed by atoms with Crippen LogP contribution in [0.2, 0.25) is 0 Å². The van der Waals surface area contributed by atoms with Gasteiger partial charge in [0.1, 0.15) is 0 Å². The average molecular weight is 159 g/mol. The van der Waals surface area contributed by atoms with Crippen molar-refractivity contribution in [3.63, 3.8) is 0 Å². The smallest absolute Gasteiger partial charge is 0.250 e. The van der Waals surface area contributed by atoms with Crippen LogP contribution in [0, 0.1) is 0 Å². The van der Waals surface area contributed by atoms with Crippen molar-refractivity contribution in [2.45, 2.75) is 13.3 Å². The second-order valence-electron chi connectivity index (χ2n) is 2.92. The van der Waals surface area contributed by atoms with Crippen LogP contribution in [-0.4, -0.2) is 11.6 Å². The van der Waals surface area contributed by atoms with E-state index >= 15 is 0 Å². The van der Waals surface area contributed by atoms with E-state index in [1.54, 1.807) is 0 Å². The third-order valence-electron chi connectivity index (χ3n) is 2.04. The zero-order valence-electron chi connectivity index (χ0n) is 6.87. The molecule has 1 aromatic rings. The zero-order chi connectivity index (χ0) is 8.55. The molecule has 0 saturated heterocycles. The van der Waals surface area contributed by atoms with Crippen molar-refractivity contribution < 1.29 is 4.79 Å². The molecular formula is C10H9NO. The molecule has 60 valence electrons. The van der Waals surface area contributed by atoms with Crippen LogP contribution in [0.5, 0.6) is 0 Å². The summed E-state index contributed by atoms with van der Waals surface area (Å²) in [5.74, 6) is -0.0359. The Hall–Kier alpha value is -1.44. The molecule has 0 atom stereocenters. The maximum absolute atomic E-state index is 11.0. The van der Waals surface area contributed by atoms with Crippen LogP contribution >= 0.6 is 0 Å². The first-order chi connectivity index (χ1) is 5.77. The second kappa shape index (κ2) is 2.55. The molecule has 0 unspecified atom stereocenters. The lowest BCUT2D eigenvalue weighted by atomic mass is 9.98. The molecule has 0 bridgehead atoms. The van der Waals surface area contributed by atoms with E-state index in [-0.39, 0.29) is 5.91 Å². The molecule has 1 aromatic carbocycles. The molecule has 0 saturated carbocycles. The number of hydrogen-bond donors (Lipinski definition) is 0. The van der Waals surface area contributed by atoms with Crippen LogP contribution in [0.15, 0.2) is 29.3 Å². The number of aliphatic imine (C=N–C) groups is 1. The van der Waals surface area contributed by atoms with Gasteiger partial charge in [-0.25, -0.2) is 4.99 Å². The predicted octanol–water partition coefficient (Wildman–Crippen LogP) is 1.58. The Balaban J connectivity index is 2.60. The van der Waals surface area contributed by atoms with Crippen LogP contribution in [0.1, 0.15) is 18.1 Å². The molecular weight excluding hydrogens is 150 g/mol. The van der Waals surface area contributed by atoms with Gasteiger partial charge in [0.2, 0.25) is 5.91 Å². The molecule has 0 radical (unpaired) electrons. The molecule has 0 N–H and O–H groups in total. The van der Waals surface area contributed by atoms with Gasteiger partial charge in [0, 0.05) is 5.71 Å². The molecule has 2 heteroatoms. The van der Waals surface area contributed by atoms with Gasteiger partial charge in [-0.05, 0) is 18.1 Å². The fourth-order valence-corrected chi connectivity index (χ4v) is 1.48. The first-order valence-corrected chi connectivity index (χ1v) is 3.94. The van der Waals surface area contributed by atoms with Crippen LogP contribution < -0.4 is 0 Å². The van der Waals surface area contributed by atoms with E-state index in [1.807, 2.05) is 31.2 Å². The average Bonchev–Trinajstić information content (AvgIpc) is 2.04. The summed E-state index contributed by atoms with van der Waals surface area (Å²) >= 11 is 0. The fraction of sp³-hybridized carbons (Fsp3) is 0.200. The van der Waals surface area contributed by atoms with Crippen molar-refractivity contribution in [2.24, 2.45) is 4.99 Å². The Morgan fingerprint density at radius 3 is 2.92 bits per heavy atom. The summed E-state index contributed by atoms with van der Waals surface area (Å²) in [6.07, 6.45) is 0.452. The molecule has 2 nitrogen and oxygen atoms in total. The Morgan fingerprint density at radius 2 is 2.08 bits per heavy atom. The van der Waals surface area contributed by atoms with Crippen molar-refractivity contribution in [2.75, 3.05) is 0 Å². The summed E-state index contributed by atoms with van der Waals surface area (Å²) < 4.78 is 0. The summed E-state index contributed by atoms with van der Waals surface area (Å²) in [6, 6.07) is 7.89. The first-order valence-electron chi connectivity index (χ1n) is 3.94. The van der Waals surface area contributed by atoms with Gasteiger partial charge in [-0.15, -0.1) is 0 Å². The van der Waals surface area contributed by atoms with Crippen molar-refractivity contribution >= 4 is 11.6 Å². The molecule has 0 spiro atoms. The van der Waals surface area contributed by atoms with E-state index in [0.717, 1.165) is 16.8 Å². The molecule has 0 fully saturated rings. The lowest BCUT2D eigenvalue weighted by Crippen LogP contribution is -2.13. The van der Waals surface area contributed by atoms with Crippen molar-refractivity contribution in [1.29, 1.82) is 0 Å². The van der Waals surface area contributed by atoms with Crippen molar-refractivity contribution in [3.05, 3.63) is 35.4 Å².